The molecule has 5 atom stereocenters. The molecule has 1 saturated carbocycles. The fourth-order valence-electron chi connectivity index (χ4n) is 10.3. The first-order valence-electron chi connectivity index (χ1n) is 30.3. The maximum atomic E-state index is 14.3. The summed E-state index contributed by atoms with van der Waals surface area (Å²) in [5, 5.41) is 25.4. The van der Waals surface area contributed by atoms with Crippen LogP contribution in [0.4, 0.5) is 0 Å². The Morgan fingerprint density at radius 2 is 1.16 bits per heavy atom. The summed E-state index contributed by atoms with van der Waals surface area (Å²) in [7, 11) is 3.91. The van der Waals surface area contributed by atoms with Gasteiger partial charge in [-0.2, -0.15) is 0 Å². The SMILES string of the molecule is CCCCCCCC[C@H](NC(=O)[C@@H]1CCCN1C(=O)c1coc(C)n1)C(=O)N[C@@H](CC(C)C)C(=O)NC(C)(C)C(=O)N[C@@H](CC(C)C)C(=O)N[C@@H](CC(C)C)C(=O)NC(C)(C)C(=O)NC(C)(C)C(=O)NCCC(=O)NC1(CN(C)C)CCC1. The number of nitrogens with one attached hydrogen (secondary N) is 9. The van der Waals surface area contributed by atoms with Crippen molar-refractivity contribution in [2.24, 2.45) is 17.8 Å². The molecular weight excluding hydrogens is 1060 g/mol. The van der Waals surface area contributed by atoms with Gasteiger partial charge in [-0.15, -0.1) is 0 Å². The summed E-state index contributed by atoms with van der Waals surface area (Å²) in [4.78, 5) is 146. The quantitative estimate of drug-likeness (QED) is 0.0431. The predicted octanol–water partition coefficient (Wildman–Crippen LogP) is 4.21. The van der Waals surface area contributed by atoms with E-state index < -0.39 is 100.0 Å². The second-order valence-corrected chi connectivity index (χ2v) is 26.3. The van der Waals surface area contributed by atoms with Crippen molar-refractivity contribution in [3.63, 3.8) is 0 Å². The molecule has 10 amide bonds. The molecular formula is C60H104N12O11. The van der Waals surface area contributed by atoms with Crippen LogP contribution in [0.15, 0.2) is 10.7 Å². The van der Waals surface area contributed by atoms with Crippen molar-refractivity contribution in [1.29, 1.82) is 0 Å². The molecule has 0 bridgehead atoms. The minimum atomic E-state index is -1.64. The Hall–Kier alpha value is -6.13. The summed E-state index contributed by atoms with van der Waals surface area (Å²) < 4.78 is 5.25. The molecule has 0 unspecified atom stereocenters. The molecule has 2 fully saturated rings. The first kappa shape index (κ1) is 71.1. The first-order valence-corrected chi connectivity index (χ1v) is 30.3. The zero-order chi connectivity index (χ0) is 62.6. The summed E-state index contributed by atoms with van der Waals surface area (Å²) >= 11 is 0. The van der Waals surface area contributed by atoms with Gasteiger partial charge in [0, 0.05) is 33.0 Å². The van der Waals surface area contributed by atoms with Crippen molar-refractivity contribution >= 4 is 59.1 Å². The molecule has 2 heterocycles. The van der Waals surface area contributed by atoms with E-state index in [1.807, 2.05) is 60.5 Å². The van der Waals surface area contributed by atoms with Crippen molar-refractivity contribution in [3.05, 3.63) is 17.8 Å². The molecule has 0 spiro atoms. The lowest BCUT2D eigenvalue weighted by molar-refractivity contribution is -0.139. The molecule has 2 aliphatic rings. The van der Waals surface area contributed by atoms with Gasteiger partial charge < -0.3 is 62.1 Å². The van der Waals surface area contributed by atoms with E-state index in [4.69, 9.17) is 4.42 Å². The smallest absolute Gasteiger partial charge is 0.276 e. The van der Waals surface area contributed by atoms with E-state index in [1.165, 1.54) is 52.7 Å². The molecule has 470 valence electrons. The van der Waals surface area contributed by atoms with Crippen LogP contribution in [0.3, 0.4) is 0 Å². The highest BCUT2D eigenvalue weighted by Gasteiger charge is 2.43. The van der Waals surface area contributed by atoms with E-state index in [2.05, 4.69) is 59.8 Å². The van der Waals surface area contributed by atoms with E-state index in [-0.39, 0.29) is 73.5 Å². The van der Waals surface area contributed by atoms with Crippen LogP contribution < -0.4 is 47.9 Å². The summed E-state index contributed by atoms with van der Waals surface area (Å²) in [5.74, 6) is -5.70. The maximum Gasteiger partial charge on any atom is 0.276 e. The van der Waals surface area contributed by atoms with E-state index in [1.54, 1.807) is 6.92 Å². The van der Waals surface area contributed by atoms with Gasteiger partial charge in [-0.25, -0.2) is 4.98 Å². The van der Waals surface area contributed by atoms with Crippen LogP contribution in [0.5, 0.6) is 0 Å². The molecule has 1 aromatic heterocycles. The largest absolute Gasteiger partial charge is 0.448 e. The first-order chi connectivity index (χ1) is 38.6. The molecule has 1 aliphatic carbocycles. The molecule has 1 aliphatic heterocycles. The van der Waals surface area contributed by atoms with Crippen LogP contribution in [0.1, 0.15) is 209 Å². The molecule has 9 N–H and O–H groups in total. The number of hydrogen-bond donors (Lipinski definition) is 9. The van der Waals surface area contributed by atoms with Gasteiger partial charge in [-0.1, -0.05) is 87.0 Å². The topological polar surface area (TPSA) is 311 Å². The standard InChI is InChI=1S/C60H104N12O11/c1-17-18-19-20-21-22-25-41(63-52(78)46-26-23-31-72(46)53(79)45-35-83-40(8)62-45)48(74)64-43(33-38(4)5)50(76)68-58(11,12)55(81)66-42(32-37(2)3)49(75)65-44(34-39(6)7)51(77)69-59(13,14)56(82)70-57(9,10)54(80)61-30-27-47(73)67-60(28-24-29-60)36-71(15)16/h35,37-39,41-44,46H,17-34,36H2,1-16H3,(H,61,80)(H,63,78)(H,64,74)(H,65,75)(H,66,81)(H,67,73)(H,68,76)(H,69,77)(H,70,82)/t41-,42-,43-,44-,46-/m0/s1. The average Bonchev–Trinajstić information content (AvgIpc) is 4.21. The summed E-state index contributed by atoms with van der Waals surface area (Å²) in [6, 6.07) is -5.37. The van der Waals surface area contributed by atoms with Gasteiger partial charge in [0.05, 0.1) is 5.54 Å². The Morgan fingerprint density at radius 3 is 1.65 bits per heavy atom. The van der Waals surface area contributed by atoms with Gasteiger partial charge >= 0.3 is 0 Å². The molecule has 23 nitrogen and oxygen atoms in total. The highest BCUT2D eigenvalue weighted by molar-refractivity contribution is 6.00. The normalized spacial score (nSPS) is 16.7. The van der Waals surface area contributed by atoms with Gasteiger partial charge in [-0.3, -0.25) is 47.9 Å². The zero-order valence-corrected chi connectivity index (χ0v) is 53.0. The van der Waals surface area contributed by atoms with Crippen molar-refractivity contribution in [2.45, 2.75) is 252 Å². The Bertz CT molecular complexity index is 2380. The van der Waals surface area contributed by atoms with Gasteiger partial charge in [0.25, 0.3) is 5.91 Å². The number of carbonyl (C=O) groups is 10. The fourth-order valence-corrected chi connectivity index (χ4v) is 10.3. The van der Waals surface area contributed by atoms with E-state index in [0.29, 0.717) is 31.7 Å². The molecule has 1 saturated heterocycles. The van der Waals surface area contributed by atoms with Crippen LogP contribution in [0.2, 0.25) is 0 Å². The van der Waals surface area contributed by atoms with Crippen LogP contribution in [-0.2, 0) is 43.2 Å². The lowest BCUT2D eigenvalue weighted by atomic mass is 9.76. The molecule has 0 aromatic carbocycles. The van der Waals surface area contributed by atoms with E-state index in [9.17, 15) is 47.9 Å². The summed E-state index contributed by atoms with van der Waals surface area (Å²) in [6.07, 6.45) is 11.4. The monoisotopic (exact) mass is 1170 g/mol. The number of likely N-dealkylation sites (tertiary alicyclic amines) is 1. The number of likely N-dealkylation sites (N-methyl/N-ethyl adjacent to an activating group) is 1. The van der Waals surface area contributed by atoms with Crippen LogP contribution in [-0.4, -0.2) is 160 Å². The van der Waals surface area contributed by atoms with Crippen LogP contribution in [0, 0.1) is 24.7 Å². The Morgan fingerprint density at radius 1 is 0.651 bits per heavy atom. The lowest BCUT2D eigenvalue weighted by Gasteiger charge is -2.44. The summed E-state index contributed by atoms with van der Waals surface area (Å²) in [6.45, 7) is 24.9. The van der Waals surface area contributed by atoms with Crippen LogP contribution >= 0.6 is 0 Å². The molecule has 0 radical (unpaired) electrons. The number of aryl methyl sites for hydroxylation is 1. The number of nitrogens with zero attached hydrogens (tertiary/aromatic N) is 3. The summed E-state index contributed by atoms with van der Waals surface area (Å²) in [5.41, 5.74) is -4.86. The van der Waals surface area contributed by atoms with Crippen LogP contribution in [0.25, 0.3) is 0 Å². The van der Waals surface area contributed by atoms with Gasteiger partial charge in [0.15, 0.2) is 11.6 Å². The lowest BCUT2D eigenvalue weighted by Crippen LogP contribution is -2.65. The van der Waals surface area contributed by atoms with Crippen molar-refractivity contribution < 1.29 is 52.4 Å². The molecule has 1 aromatic rings. The second kappa shape index (κ2) is 32.2. The number of aromatic nitrogens is 1. The number of hydrogen-bond acceptors (Lipinski definition) is 13. The third-order valence-electron chi connectivity index (χ3n) is 15.1. The third-order valence-corrected chi connectivity index (χ3v) is 15.1. The highest BCUT2D eigenvalue weighted by atomic mass is 16.3. The molecule has 3 rings (SSSR count). The fraction of sp³-hybridized carbons (Fsp3) is 0.783. The number of carbonyl (C=O) groups excluding carboxylic acids is 10. The van der Waals surface area contributed by atoms with Gasteiger partial charge in [0.1, 0.15) is 53.1 Å². The van der Waals surface area contributed by atoms with Crippen molar-refractivity contribution in [1.82, 2.24) is 62.6 Å². The van der Waals surface area contributed by atoms with Gasteiger partial charge in [0.2, 0.25) is 53.2 Å². The van der Waals surface area contributed by atoms with Gasteiger partial charge in [-0.05, 0) is 131 Å². The maximum absolute atomic E-state index is 14.3. The second-order valence-electron chi connectivity index (χ2n) is 26.3. The minimum absolute atomic E-state index is 0.0465. The van der Waals surface area contributed by atoms with E-state index >= 15 is 0 Å². The number of oxazole rings is 1. The molecule has 23 heteroatoms. The third kappa shape index (κ3) is 23.1. The van der Waals surface area contributed by atoms with Crippen molar-refractivity contribution in [2.75, 3.05) is 33.7 Å². The molecule has 83 heavy (non-hydrogen) atoms. The number of rotatable bonds is 35. The number of unbranched alkanes of at least 4 members (excludes halogenated alkanes) is 5. The Labute approximate surface area is 493 Å². The predicted molar refractivity (Wildman–Crippen MR) is 317 cm³/mol. The zero-order valence-electron chi connectivity index (χ0n) is 53.0. The van der Waals surface area contributed by atoms with Crippen molar-refractivity contribution in [3.8, 4) is 0 Å². The minimum Gasteiger partial charge on any atom is -0.448 e. The average molecular weight is 1170 g/mol. The Kier molecular flexibility index (Phi) is 27.6. The number of amides is 10. The highest BCUT2D eigenvalue weighted by Crippen LogP contribution is 2.32. The van der Waals surface area contributed by atoms with E-state index in [0.717, 1.165) is 57.9 Å². The Balaban J connectivity index is 1.71.